The van der Waals surface area contributed by atoms with Crippen LogP contribution in [0.2, 0.25) is 0 Å². The predicted octanol–water partition coefficient (Wildman–Crippen LogP) is 2.20. The van der Waals surface area contributed by atoms with E-state index >= 15 is 0 Å². The van der Waals surface area contributed by atoms with Gasteiger partial charge in [0, 0.05) is 18.3 Å². The second-order valence-electron chi connectivity index (χ2n) is 2.04. The second kappa shape index (κ2) is 3.20. The molecule has 0 aliphatic heterocycles. The molecule has 0 heterocycles. The summed E-state index contributed by atoms with van der Waals surface area (Å²) in [4.78, 5) is 0. The molecular weight excluding hydrogens is 129 g/mol. The van der Waals surface area contributed by atoms with Crippen molar-refractivity contribution in [3.8, 4) is 0 Å². The number of nitrogens with one attached hydrogen (secondary N) is 1. The Morgan fingerprint density at radius 2 is 2.10 bits per heavy atom. The van der Waals surface area contributed by atoms with E-state index in [0.29, 0.717) is 5.56 Å². The van der Waals surface area contributed by atoms with E-state index in [-0.39, 0.29) is 0 Å². The zero-order valence-electron chi connectivity index (χ0n) is 5.89. The molecule has 54 valence electrons. The second-order valence-corrected chi connectivity index (χ2v) is 2.04. The molecule has 0 amide bonds. The minimum absolute atomic E-state index is 0.406. The molecule has 0 saturated heterocycles. The largest absolute Gasteiger partial charge is 0.388 e. The summed E-state index contributed by atoms with van der Waals surface area (Å²) >= 11 is 0. The van der Waals surface area contributed by atoms with E-state index in [1.54, 1.807) is 13.1 Å². The van der Waals surface area contributed by atoms with Gasteiger partial charge in [-0.2, -0.15) is 0 Å². The predicted molar refractivity (Wildman–Crippen MR) is 40.8 cm³/mol. The molecule has 10 heavy (non-hydrogen) atoms. The first-order valence-corrected chi connectivity index (χ1v) is 3.20. The van der Waals surface area contributed by atoms with Crippen LogP contribution in [0.25, 0.3) is 0 Å². The Morgan fingerprint density at radius 3 is 2.60 bits per heavy atom. The Balaban J connectivity index is 2.96. The van der Waals surface area contributed by atoms with Gasteiger partial charge < -0.3 is 5.32 Å². The fraction of sp³-hybridized carbons (Fsp3) is 0.250. The molecule has 0 unspecified atom stereocenters. The van der Waals surface area contributed by atoms with Gasteiger partial charge in [-0.25, -0.2) is 4.39 Å². The van der Waals surface area contributed by atoms with E-state index in [4.69, 9.17) is 0 Å². The van der Waals surface area contributed by atoms with Crippen LogP contribution in [0.15, 0.2) is 24.3 Å². The molecule has 1 nitrogen and oxygen atoms in total. The molecule has 0 saturated carbocycles. The van der Waals surface area contributed by atoms with Crippen molar-refractivity contribution < 1.29 is 4.39 Å². The smallest absolute Gasteiger partial charge is 0.116 e. The van der Waals surface area contributed by atoms with Crippen molar-refractivity contribution in [1.29, 1.82) is 0 Å². The first-order chi connectivity index (χ1) is 4.88. The van der Waals surface area contributed by atoms with Gasteiger partial charge in [0.1, 0.15) is 6.67 Å². The summed E-state index contributed by atoms with van der Waals surface area (Å²) in [6.07, 6.45) is 0. The fourth-order valence-corrected chi connectivity index (χ4v) is 0.881. The quantitative estimate of drug-likeness (QED) is 0.662. The van der Waals surface area contributed by atoms with Gasteiger partial charge in [0.05, 0.1) is 0 Å². The molecule has 0 spiro atoms. The summed E-state index contributed by atoms with van der Waals surface area (Å²) in [5.41, 5.74) is 1.58. The SMILES string of the molecule is CNc1ccccc1CF. The number of benzene rings is 1. The van der Waals surface area contributed by atoms with E-state index < -0.39 is 6.67 Å². The van der Waals surface area contributed by atoms with Gasteiger partial charge >= 0.3 is 0 Å². The molecule has 0 aliphatic carbocycles. The summed E-state index contributed by atoms with van der Waals surface area (Å²) in [7, 11) is 1.79. The summed E-state index contributed by atoms with van der Waals surface area (Å²) in [6.45, 7) is -0.406. The summed E-state index contributed by atoms with van der Waals surface area (Å²) < 4.78 is 12.1. The monoisotopic (exact) mass is 139 g/mol. The van der Waals surface area contributed by atoms with Crippen molar-refractivity contribution in [3.05, 3.63) is 29.8 Å². The average Bonchev–Trinajstić information content (AvgIpc) is 2.04. The van der Waals surface area contributed by atoms with Crippen LogP contribution in [0.4, 0.5) is 10.1 Å². The fourth-order valence-electron chi connectivity index (χ4n) is 0.881. The van der Waals surface area contributed by atoms with Gasteiger partial charge in [-0.05, 0) is 6.07 Å². The lowest BCUT2D eigenvalue weighted by Gasteiger charge is -2.03. The lowest BCUT2D eigenvalue weighted by molar-refractivity contribution is 0.486. The minimum atomic E-state index is -0.406. The third kappa shape index (κ3) is 1.26. The van der Waals surface area contributed by atoms with Gasteiger partial charge in [-0.15, -0.1) is 0 Å². The number of hydrogen-bond acceptors (Lipinski definition) is 1. The molecule has 0 bridgehead atoms. The molecule has 0 atom stereocenters. The Labute approximate surface area is 59.9 Å². The highest BCUT2D eigenvalue weighted by Gasteiger charge is 1.95. The molecule has 1 aromatic rings. The highest BCUT2D eigenvalue weighted by atomic mass is 19.1. The number of halogens is 1. The number of hydrogen-bond donors (Lipinski definition) is 1. The van der Waals surface area contributed by atoms with E-state index in [0.717, 1.165) is 5.69 Å². The summed E-state index contributed by atoms with van der Waals surface area (Å²) in [6, 6.07) is 7.33. The van der Waals surface area contributed by atoms with Crippen molar-refractivity contribution in [1.82, 2.24) is 0 Å². The van der Waals surface area contributed by atoms with Crippen molar-refractivity contribution in [2.24, 2.45) is 0 Å². The zero-order valence-corrected chi connectivity index (χ0v) is 5.89. The highest BCUT2D eigenvalue weighted by molar-refractivity contribution is 5.49. The lowest BCUT2D eigenvalue weighted by atomic mass is 10.2. The van der Waals surface area contributed by atoms with Crippen LogP contribution in [0.1, 0.15) is 5.56 Å². The van der Waals surface area contributed by atoms with Crippen LogP contribution in [0, 0.1) is 0 Å². The molecule has 0 aliphatic rings. The maximum atomic E-state index is 12.1. The molecule has 2 heteroatoms. The average molecular weight is 139 g/mol. The Bertz CT molecular complexity index is 187. The van der Waals surface area contributed by atoms with Gasteiger partial charge in [0.15, 0.2) is 0 Å². The maximum absolute atomic E-state index is 12.1. The molecule has 0 aromatic heterocycles. The standard InChI is InChI=1S/C8H10FN/c1-10-8-5-3-2-4-7(8)6-9/h2-5,10H,6H2,1H3. The number of anilines is 1. The summed E-state index contributed by atoms with van der Waals surface area (Å²) in [5, 5.41) is 2.91. The zero-order chi connectivity index (χ0) is 7.40. The van der Waals surface area contributed by atoms with Crippen LogP contribution in [0.3, 0.4) is 0 Å². The van der Waals surface area contributed by atoms with Gasteiger partial charge in [0.25, 0.3) is 0 Å². The molecule has 1 rings (SSSR count). The third-order valence-electron chi connectivity index (χ3n) is 1.43. The van der Waals surface area contributed by atoms with Gasteiger partial charge in [0.2, 0.25) is 0 Å². The van der Waals surface area contributed by atoms with Crippen LogP contribution < -0.4 is 5.32 Å². The van der Waals surface area contributed by atoms with E-state index in [2.05, 4.69) is 5.32 Å². The van der Waals surface area contributed by atoms with Gasteiger partial charge in [-0.1, -0.05) is 18.2 Å². The van der Waals surface area contributed by atoms with E-state index in [1.807, 2.05) is 18.2 Å². The van der Waals surface area contributed by atoms with Crippen molar-refractivity contribution in [2.45, 2.75) is 6.67 Å². The Hall–Kier alpha value is -1.05. The Morgan fingerprint density at radius 1 is 1.40 bits per heavy atom. The van der Waals surface area contributed by atoms with Crippen LogP contribution in [-0.4, -0.2) is 7.05 Å². The molecule has 1 aromatic carbocycles. The van der Waals surface area contributed by atoms with Gasteiger partial charge in [-0.3, -0.25) is 0 Å². The number of alkyl halides is 1. The van der Waals surface area contributed by atoms with Crippen LogP contribution >= 0.6 is 0 Å². The number of para-hydroxylation sites is 1. The maximum Gasteiger partial charge on any atom is 0.116 e. The normalized spacial score (nSPS) is 9.40. The molecule has 1 N–H and O–H groups in total. The van der Waals surface area contributed by atoms with Crippen LogP contribution in [-0.2, 0) is 6.67 Å². The van der Waals surface area contributed by atoms with Crippen molar-refractivity contribution in [2.75, 3.05) is 12.4 Å². The third-order valence-corrected chi connectivity index (χ3v) is 1.43. The first-order valence-electron chi connectivity index (χ1n) is 3.20. The highest BCUT2D eigenvalue weighted by Crippen LogP contribution is 2.14. The minimum Gasteiger partial charge on any atom is -0.388 e. The topological polar surface area (TPSA) is 12.0 Å². The molecular formula is C8H10FN. The summed E-state index contributed by atoms with van der Waals surface area (Å²) in [5.74, 6) is 0. The first kappa shape index (κ1) is 7.06. The van der Waals surface area contributed by atoms with Crippen molar-refractivity contribution in [3.63, 3.8) is 0 Å². The Kier molecular flexibility index (Phi) is 2.26. The van der Waals surface area contributed by atoms with Crippen LogP contribution in [0.5, 0.6) is 0 Å². The molecule has 0 fully saturated rings. The number of rotatable bonds is 2. The van der Waals surface area contributed by atoms with Crippen molar-refractivity contribution >= 4 is 5.69 Å². The lowest BCUT2D eigenvalue weighted by Crippen LogP contribution is -1.92. The molecule has 0 radical (unpaired) electrons. The van der Waals surface area contributed by atoms with E-state index in [1.165, 1.54) is 0 Å². The van der Waals surface area contributed by atoms with E-state index in [9.17, 15) is 4.39 Å².